The Morgan fingerprint density at radius 3 is 1.81 bits per heavy atom. The lowest BCUT2D eigenvalue weighted by Gasteiger charge is -2.45. The lowest BCUT2D eigenvalue weighted by atomic mass is 9.55. The molecule has 2 bridgehead atoms. The number of anilines is 2. The summed E-state index contributed by atoms with van der Waals surface area (Å²) in [6.45, 7) is 0. The van der Waals surface area contributed by atoms with Crippen LogP contribution in [0.1, 0.15) is 44.6 Å². The molecular formula is C29H19ClN2O4. The molecule has 1 aromatic heterocycles. The van der Waals surface area contributed by atoms with Gasteiger partial charge in [-0.2, -0.15) is 0 Å². The van der Waals surface area contributed by atoms with E-state index in [2.05, 4.69) is 29.6 Å². The number of nitrogens with one attached hydrogen (secondary N) is 1. The minimum absolute atomic E-state index is 0.152. The zero-order chi connectivity index (χ0) is 24.6. The van der Waals surface area contributed by atoms with Crippen molar-refractivity contribution >= 4 is 40.7 Å². The van der Waals surface area contributed by atoms with Crippen LogP contribution in [0.4, 0.5) is 11.4 Å². The quantitative estimate of drug-likeness (QED) is 0.377. The van der Waals surface area contributed by atoms with Crippen molar-refractivity contribution < 1.29 is 18.8 Å². The van der Waals surface area contributed by atoms with Crippen LogP contribution in [0.3, 0.4) is 0 Å². The van der Waals surface area contributed by atoms with E-state index in [0.717, 1.165) is 22.3 Å². The third-order valence-corrected chi connectivity index (χ3v) is 7.97. The van der Waals surface area contributed by atoms with E-state index in [9.17, 15) is 14.4 Å². The first-order valence-corrected chi connectivity index (χ1v) is 12.1. The first-order valence-electron chi connectivity index (χ1n) is 11.7. The highest BCUT2D eigenvalue weighted by Crippen LogP contribution is 2.61. The molecule has 8 rings (SSSR count). The third-order valence-electron chi connectivity index (χ3n) is 7.65. The van der Waals surface area contributed by atoms with Crippen LogP contribution in [0, 0.1) is 11.8 Å². The summed E-state index contributed by atoms with van der Waals surface area (Å²) in [5, 5.41) is 2.92. The van der Waals surface area contributed by atoms with Gasteiger partial charge in [-0.3, -0.25) is 14.4 Å². The maximum Gasteiger partial charge on any atom is 0.291 e. The van der Waals surface area contributed by atoms with Crippen molar-refractivity contribution in [2.45, 2.75) is 11.8 Å². The van der Waals surface area contributed by atoms with Crippen molar-refractivity contribution in [1.82, 2.24) is 0 Å². The largest absolute Gasteiger partial charge is 0.459 e. The summed E-state index contributed by atoms with van der Waals surface area (Å²) in [5.74, 6) is -2.00. The van der Waals surface area contributed by atoms with Crippen molar-refractivity contribution in [2.75, 3.05) is 10.2 Å². The Morgan fingerprint density at radius 1 is 0.778 bits per heavy atom. The fraction of sp³-hybridized carbons (Fsp3) is 0.138. The van der Waals surface area contributed by atoms with Gasteiger partial charge in [-0.1, -0.05) is 60.1 Å². The van der Waals surface area contributed by atoms with E-state index < -0.39 is 17.7 Å². The highest BCUT2D eigenvalue weighted by Gasteiger charge is 2.61. The van der Waals surface area contributed by atoms with Crippen LogP contribution in [-0.2, 0) is 9.59 Å². The molecule has 176 valence electrons. The van der Waals surface area contributed by atoms with Crippen LogP contribution in [0.2, 0.25) is 5.02 Å². The zero-order valence-electron chi connectivity index (χ0n) is 18.9. The molecule has 3 amide bonds. The first kappa shape index (κ1) is 21.1. The van der Waals surface area contributed by atoms with E-state index in [0.29, 0.717) is 11.4 Å². The van der Waals surface area contributed by atoms with Gasteiger partial charge in [0.05, 0.1) is 34.5 Å². The fourth-order valence-electron chi connectivity index (χ4n) is 6.27. The van der Waals surface area contributed by atoms with E-state index >= 15 is 0 Å². The number of carbonyl (C=O) groups excluding carboxylic acids is 3. The standard InChI is InChI=1S/C29H19ClN2O4/c30-20-14-15(11-12-21(20)31-27(33)22-10-5-13-36-22)32-28(34)25-23-16-6-1-2-7-17(16)24(26(25)29(32)35)19-9-4-3-8-18(19)23/h1-14,23-26H,(H,31,33)/t23?,24?,25-,26-/m1/s1. The van der Waals surface area contributed by atoms with Crippen molar-refractivity contribution in [3.8, 4) is 0 Å². The Balaban J connectivity index is 1.27. The number of carbonyl (C=O) groups is 3. The molecule has 0 spiro atoms. The number of furan rings is 1. The molecule has 3 aliphatic carbocycles. The fourth-order valence-corrected chi connectivity index (χ4v) is 6.49. The van der Waals surface area contributed by atoms with Gasteiger partial charge in [0.2, 0.25) is 11.8 Å². The van der Waals surface area contributed by atoms with Gasteiger partial charge in [0.25, 0.3) is 5.91 Å². The Bertz CT molecular complexity index is 1460. The average molecular weight is 495 g/mol. The van der Waals surface area contributed by atoms with Gasteiger partial charge in [-0.25, -0.2) is 4.90 Å². The normalized spacial score (nSPS) is 23.3. The molecule has 3 aromatic carbocycles. The molecule has 1 saturated heterocycles. The number of amides is 3. The van der Waals surface area contributed by atoms with Crippen LogP contribution < -0.4 is 10.2 Å². The SMILES string of the molecule is O=C(Nc1ccc(N2C(=O)[C@@H]3C4c5ccccc5C(c5ccccc54)[C@H]3C2=O)cc1Cl)c1ccco1. The molecule has 4 aromatic rings. The number of nitrogens with zero attached hydrogens (tertiary/aromatic N) is 1. The second-order valence-corrected chi connectivity index (χ2v) is 9.78. The lowest BCUT2D eigenvalue weighted by Crippen LogP contribution is -2.41. The third kappa shape index (κ3) is 2.82. The summed E-state index contributed by atoms with van der Waals surface area (Å²) in [7, 11) is 0. The second kappa shape index (κ2) is 7.67. The molecule has 1 aliphatic heterocycles. The molecular weight excluding hydrogens is 476 g/mol. The number of halogens is 1. The summed E-state index contributed by atoms with van der Waals surface area (Å²) >= 11 is 6.48. The van der Waals surface area contributed by atoms with E-state index in [1.54, 1.807) is 30.3 Å². The number of benzene rings is 3. The van der Waals surface area contributed by atoms with E-state index in [1.807, 2.05) is 24.3 Å². The molecule has 0 radical (unpaired) electrons. The summed E-state index contributed by atoms with van der Waals surface area (Å²) in [6.07, 6.45) is 1.41. The Hall–Kier alpha value is -4.16. The van der Waals surface area contributed by atoms with Crippen LogP contribution in [0.25, 0.3) is 0 Å². The van der Waals surface area contributed by atoms with Crippen LogP contribution in [-0.4, -0.2) is 17.7 Å². The van der Waals surface area contributed by atoms with E-state index in [-0.39, 0.29) is 34.4 Å². The molecule has 0 unspecified atom stereocenters. The molecule has 1 fully saturated rings. The number of hydrogen-bond donors (Lipinski definition) is 1. The predicted molar refractivity (Wildman–Crippen MR) is 134 cm³/mol. The Morgan fingerprint density at radius 2 is 1.33 bits per heavy atom. The molecule has 0 saturated carbocycles. The number of imide groups is 1. The van der Waals surface area contributed by atoms with Gasteiger partial charge in [0.1, 0.15) is 0 Å². The van der Waals surface area contributed by atoms with Crippen LogP contribution in [0.15, 0.2) is 89.5 Å². The molecule has 6 nitrogen and oxygen atoms in total. The molecule has 4 aliphatic rings. The zero-order valence-corrected chi connectivity index (χ0v) is 19.6. The summed E-state index contributed by atoms with van der Waals surface area (Å²) in [5.41, 5.74) is 5.25. The van der Waals surface area contributed by atoms with Gasteiger partial charge in [-0.05, 0) is 52.6 Å². The Kier molecular flexibility index (Phi) is 4.51. The topological polar surface area (TPSA) is 79.6 Å². The Labute approximate surface area is 211 Å². The minimum atomic E-state index is -0.468. The van der Waals surface area contributed by atoms with Gasteiger partial charge in [-0.15, -0.1) is 0 Å². The van der Waals surface area contributed by atoms with Crippen molar-refractivity contribution in [3.63, 3.8) is 0 Å². The summed E-state index contributed by atoms with van der Waals surface area (Å²) < 4.78 is 5.12. The van der Waals surface area contributed by atoms with E-state index in [1.165, 1.54) is 11.2 Å². The van der Waals surface area contributed by atoms with Crippen LogP contribution >= 0.6 is 11.6 Å². The second-order valence-electron chi connectivity index (χ2n) is 9.37. The highest BCUT2D eigenvalue weighted by atomic mass is 35.5. The number of hydrogen-bond acceptors (Lipinski definition) is 4. The van der Waals surface area contributed by atoms with Gasteiger partial charge < -0.3 is 9.73 Å². The highest BCUT2D eigenvalue weighted by molar-refractivity contribution is 6.34. The van der Waals surface area contributed by atoms with E-state index in [4.69, 9.17) is 16.0 Å². The molecule has 1 N–H and O–H groups in total. The van der Waals surface area contributed by atoms with Gasteiger partial charge in [0.15, 0.2) is 5.76 Å². The van der Waals surface area contributed by atoms with Gasteiger partial charge >= 0.3 is 0 Å². The summed E-state index contributed by atoms with van der Waals surface area (Å²) in [6, 6.07) is 24.2. The van der Waals surface area contributed by atoms with Crippen molar-refractivity contribution in [1.29, 1.82) is 0 Å². The molecule has 36 heavy (non-hydrogen) atoms. The first-order chi connectivity index (χ1) is 17.5. The monoisotopic (exact) mass is 494 g/mol. The molecule has 2 heterocycles. The lowest BCUT2D eigenvalue weighted by molar-refractivity contribution is -0.122. The predicted octanol–water partition coefficient (Wildman–Crippen LogP) is 5.58. The molecule has 2 atom stereocenters. The number of rotatable bonds is 3. The maximum absolute atomic E-state index is 13.9. The van der Waals surface area contributed by atoms with Crippen LogP contribution in [0.5, 0.6) is 0 Å². The minimum Gasteiger partial charge on any atom is -0.459 e. The van der Waals surface area contributed by atoms with Gasteiger partial charge in [0, 0.05) is 11.8 Å². The molecule has 7 heteroatoms. The van der Waals surface area contributed by atoms with Crippen molar-refractivity contribution in [3.05, 3.63) is 118 Å². The smallest absolute Gasteiger partial charge is 0.291 e. The summed E-state index contributed by atoms with van der Waals surface area (Å²) in [4.78, 5) is 41.4. The average Bonchev–Trinajstić information content (AvgIpc) is 3.53. The van der Waals surface area contributed by atoms with Crippen molar-refractivity contribution in [2.24, 2.45) is 11.8 Å². The maximum atomic E-state index is 13.9.